The molecule has 0 saturated heterocycles. The summed E-state index contributed by atoms with van der Waals surface area (Å²) in [6, 6.07) is 5.67. The Kier molecular flexibility index (Phi) is 5.38. The molecule has 1 aromatic rings. The van der Waals surface area contributed by atoms with Crippen molar-refractivity contribution in [2.24, 2.45) is 0 Å². The molecule has 5 heteroatoms. The van der Waals surface area contributed by atoms with E-state index in [9.17, 15) is 9.90 Å². The Hall–Kier alpha value is -1.07. The van der Waals surface area contributed by atoms with Crippen LogP contribution in [0.15, 0.2) is 22.7 Å². The van der Waals surface area contributed by atoms with Gasteiger partial charge in [0.1, 0.15) is 5.60 Å². The number of halogens is 1. The number of amides is 1. The van der Waals surface area contributed by atoms with Gasteiger partial charge in [0.05, 0.1) is 12.6 Å². The van der Waals surface area contributed by atoms with Gasteiger partial charge < -0.3 is 15.2 Å². The molecule has 1 atom stereocenters. The fourth-order valence-corrected chi connectivity index (χ4v) is 1.95. The van der Waals surface area contributed by atoms with E-state index in [0.29, 0.717) is 0 Å². The van der Waals surface area contributed by atoms with Crippen molar-refractivity contribution in [1.29, 1.82) is 0 Å². The van der Waals surface area contributed by atoms with Crippen molar-refractivity contribution >= 4 is 22.0 Å². The summed E-state index contributed by atoms with van der Waals surface area (Å²) in [4.78, 5) is 11.5. The molecule has 1 amide bonds. The van der Waals surface area contributed by atoms with Crippen LogP contribution in [0.25, 0.3) is 0 Å². The lowest BCUT2D eigenvalue weighted by Gasteiger charge is -2.21. The third-order valence-corrected chi connectivity index (χ3v) is 2.93. The van der Waals surface area contributed by atoms with Crippen LogP contribution in [0.1, 0.15) is 38.0 Å². The monoisotopic (exact) mass is 329 g/mol. The van der Waals surface area contributed by atoms with E-state index in [0.717, 1.165) is 15.6 Å². The van der Waals surface area contributed by atoms with Crippen LogP contribution in [0.2, 0.25) is 0 Å². The Balaban J connectivity index is 2.58. The van der Waals surface area contributed by atoms with E-state index in [-0.39, 0.29) is 6.54 Å². The van der Waals surface area contributed by atoms with Gasteiger partial charge >= 0.3 is 6.09 Å². The van der Waals surface area contributed by atoms with Gasteiger partial charge in [-0.2, -0.15) is 0 Å². The first-order chi connectivity index (χ1) is 8.69. The predicted octanol–water partition coefficient (Wildman–Crippen LogP) is 3.32. The first-order valence-corrected chi connectivity index (χ1v) is 6.89. The topological polar surface area (TPSA) is 58.6 Å². The number of ether oxygens (including phenoxy) is 1. The van der Waals surface area contributed by atoms with Crippen LogP contribution in [0.3, 0.4) is 0 Å². The number of rotatable bonds is 3. The van der Waals surface area contributed by atoms with Crippen molar-refractivity contribution in [2.75, 3.05) is 6.54 Å². The number of carbonyl (C=O) groups excluding carboxylic acids is 1. The van der Waals surface area contributed by atoms with Crippen LogP contribution in [-0.2, 0) is 4.74 Å². The molecule has 0 radical (unpaired) electrons. The first-order valence-electron chi connectivity index (χ1n) is 6.10. The molecule has 2 N–H and O–H groups in total. The molecule has 19 heavy (non-hydrogen) atoms. The molecule has 1 rings (SSSR count). The largest absolute Gasteiger partial charge is 0.444 e. The van der Waals surface area contributed by atoms with E-state index in [4.69, 9.17) is 4.74 Å². The molecule has 0 saturated carbocycles. The first kappa shape index (κ1) is 16.0. The summed E-state index contributed by atoms with van der Waals surface area (Å²) < 4.78 is 6.00. The van der Waals surface area contributed by atoms with Crippen molar-refractivity contribution in [3.8, 4) is 0 Å². The fraction of sp³-hybridized carbons (Fsp3) is 0.500. The van der Waals surface area contributed by atoms with Gasteiger partial charge in [0.25, 0.3) is 0 Å². The second-order valence-electron chi connectivity index (χ2n) is 5.40. The van der Waals surface area contributed by atoms with Crippen molar-refractivity contribution in [3.63, 3.8) is 0 Å². The minimum atomic E-state index is -0.759. The number of hydrogen-bond acceptors (Lipinski definition) is 3. The highest BCUT2D eigenvalue weighted by Crippen LogP contribution is 2.22. The Morgan fingerprint density at radius 3 is 2.68 bits per heavy atom. The highest BCUT2D eigenvalue weighted by Gasteiger charge is 2.18. The lowest BCUT2D eigenvalue weighted by atomic mass is 10.0. The smallest absolute Gasteiger partial charge is 0.407 e. The molecule has 0 aliphatic heterocycles. The molecule has 4 nitrogen and oxygen atoms in total. The average Bonchev–Trinajstić information content (AvgIpc) is 2.27. The van der Waals surface area contributed by atoms with Crippen molar-refractivity contribution in [2.45, 2.75) is 39.4 Å². The van der Waals surface area contributed by atoms with Gasteiger partial charge in [-0.1, -0.05) is 22.0 Å². The van der Waals surface area contributed by atoms with E-state index >= 15 is 0 Å². The third-order valence-electron chi connectivity index (χ3n) is 2.44. The zero-order chi connectivity index (χ0) is 14.6. The van der Waals surface area contributed by atoms with Gasteiger partial charge in [-0.15, -0.1) is 0 Å². The number of nitrogens with one attached hydrogen (secondary N) is 1. The molecular weight excluding hydrogens is 310 g/mol. The number of aryl methyl sites for hydroxylation is 1. The number of carbonyl (C=O) groups is 1. The zero-order valence-electron chi connectivity index (χ0n) is 11.7. The maximum absolute atomic E-state index is 11.5. The van der Waals surface area contributed by atoms with Gasteiger partial charge in [-0.25, -0.2) is 4.79 Å². The van der Waals surface area contributed by atoms with E-state index in [2.05, 4.69) is 21.2 Å². The lowest BCUT2D eigenvalue weighted by molar-refractivity contribution is 0.0491. The molecule has 0 aromatic heterocycles. The van der Waals surface area contributed by atoms with Gasteiger partial charge in [-0.05, 0) is 51.0 Å². The third kappa shape index (κ3) is 5.61. The normalized spacial score (nSPS) is 12.9. The van der Waals surface area contributed by atoms with Crippen molar-refractivity contribution in [1.82, 2.24) is 5.32 Å². The summed E-state index contributed by atoms with van der Waals surface area (Å²) >= 11 is 3.36. The Labute approximate surface area is 122 Å². The highest BCUT2D eigenvalue weighted by molar-refractivity contribution is 9.10. The van der Waals surface area contributed by atoms with Crippen LogP contribution < -0.4 is 5.32 Å². The lowest BCUT2D eigenvalue weighted by Crippen LogP contribution is -2.34. The van der Waals surface area contributed by atoms with Crippen molar-refractivity contribution < 1.29 is 14.6 Å². The molecule has 0 bridgehead atoms. The summed E-state index contributed by atoms with van der Waals surface area (Å²) in [5.41, 5.74) is 1.22. The SMILES string of the molecule is Cc1ccc(Br)cc1C(O)CNC(=O)OC(C)(C)C. The van der Waals surface area contributed by atoms with E-state index < -0.39 is 17.8 Å². The zero-order valence-corrected chi connectivity index (χ0v) is 13.2. The molecule has 1 aromatic carbocycles. The predicted molar refractivity (Wildman–Crippen MR) is 78.1 cm³/mol. The fourth-order valence-electron chi connectivity index (χ4n) is 1.57. The maximum atomic E-state index is 11.5. The van der Waals surface area contributed by atoms with Crippen LogP contribution in [0.5, 0.6) is 0 Å². The summed E-state index contributed by atoms with van der Waals surface area (Å²) in [5, 5.41) is 12.6. The second kappa shape index (κ2) is 6.39. The minimum Gasteiger partial charge on any atom is -0.444 e. The standard InChI is InChI=1S/C14H20BrNO3/c1-9-5-6-10(15)7-11(9)12(17)8-16-13(18)19-14(2,3)4/h5-7,12,17H,8H2,1-4H3,(H,16,18). The van der Waals surface area contributed by atoms with Gasteiger partial charge in [-0.3, -0.25) is 0 Å². The number of hydrogen-bond donors (Lipinski definition) is 2. The molecule has 1 unspecified atom stereocenters. The average molecular weight is 330 g/mol. The molecule has 0 aliphatic carbocycles. The Bertz CT molecular complexity index is 454. The van der Waals surface area contributed by atoms with Gasteiger partial charge in [0.15, 0.2) is 0 Å². The Morgan fingerprint density at radius 1 is 1.47 bits per heavy atom. The number of benzene rings is 1. The van der Waals surface area contributed by atoms with E-state index in [1.807, 2.05) is 25.1 Å². The molecule has 0 spiro atoms. The van der Waals surface area contributed by atoms with Crippen molar-refractivity contribution in [3.05, 3.63) is 33.8 Å². The maximum Gasteiger partial charge on any atom is 0.407 e. The quantitative estimate of drug-likeness (QED) is 0.894. The number of aliphatic hydroxyl groups excluding tert-OH is 1. The van der Waals surface area contributed by atoms with E-state index in [1.54, 1.807) is 20.8 Å². The van der Waals surface area contributed by atoms with Gasteiger partial charge in [0.2, 0.25) is 0 Å². The second-order valence-corrected chi connectivity index (χ2v) is 6.32. The highest BCUT2D eigenvalue weighted by atomic mass is 79.9. The van der Waals surface area contributed by atoms with Crippen LogP contribution in [0, 0.1) is 6.92 Å². The summed E-state index contributed by atoms with van der Waals surface area (Å²) in [6.07, 6.45) is -1.29. The molecule has 106 valence electrons. The van der Waals surface area contributed by atoms with E-state index in [1.165, 1.54) is 0 Å². The van der Waals surface area contributed by atoms with Crippen LogP contribution in [-0.4, -0.2) is 23.3 Å². The molecule has 0 fully saturated rings. The van der Waals surface area contributed by atoms with Gasteiger partial charge in [0, 0.05) is 4.47 Å². The summed E-state index contributed by atoms with van der Waals surface area (Å²) in [6.45, 7) is 7.41. The Morgan fingerprint density at radius 2 is 2.11 bits per heavy atom. The van der Waals surface area contributed by atoms with Crippen LogP contribution >= 0.6 is 15.9 Å². The summed E-state index contributed by atoms with van der Waals surface area (Å²) in [5.74, 6) is 0. The minimum absolute atomic E-state index is 0.117. The molecule has 0 aliphatic rings. The number of alkyl carbamates (subject to hydrolysis) is 1. The molecule has 0 heterocycles. The summed E-state index contributed by atoms with van der Waals surface area (Å²) in [7, 11) is 0. The van der Waals surface area contributed by atoms with Crippen LogP contribution in [0.4, 0.5) is 4.79 Å². The number of aliphatic hydroxyl groups is 1. The molecular formula is C14H20BrNO3.